The number of nitrogens with zero attached hydrogens (tertiary/aromatic N) is 3. The SMILES string of the molecule is NC(=O)c1cc(-c2cccnc2C(Cc2cc(F)cc(F)c2)NC(=O)Cn2nc(C(F)F)c3c2C(=O)CCC3)ccc1F. The maximum Gasteiger partial charge on any atom is 0.282 e. The highest BCUT2D eigenvalue weighted by Gasteiger charge is 2.31. The second-order valence-electron chi connectivity index (χ2n) is 10.0. The van der Waals surface area contributed by atoms with Crippen LogP contribution in [-0.4, -0.2) is 32.4 Å². The highest BCUT2D eigenvalue weighted by Crippen LogP contribution is 2.32. The highest BCUT2D eigenvalue weighted by atomic mass is 19.3. The third-order valence-electron chi connectivity index (χ3n) is 7.09. The van der Waals surface area contributed by atoms with E-state index in [0.29, 0.717) is 23.6 Å². The topological polar surface area (TPSA) is 120 Å². The van der Waals surface area contributed by atoms with Crippen molar-refractivity contribution in [3.05, 3.63) is 106 Å². The number of carbonyl (C=O) groups excluding carboxylic acids is 3. The van der Waals surface area contributed by atoms with Crippen LogP contribution in [0.15, 0.2) is 54.7 Å². The first-order valence-electron chi connectivity index (χ1n) is 13.2. The first-order chi connectivity index (χ1) is 20.5. The van der Waals surface area contributed by atoms with Gasteiger partial charge in [0.05, 0.1) is 17.3 Å². The van der Waals surface area contributed by atoms with Gasteiger partial charge in [0.2, 0.25) is 5.91 Å². The van der Waals surface area contributed by atoms with E-state index in [9.17, 15) is 36.3 Å². The lowest BCUT2D eigenvalue weighted by Crippen LogP contribution is -2.34. The van der Waals surface area contributed by atoms with Crippen molar-refractivity contribution in [1.29, 1.82) is 0 Å². The van der Waals surface area contributed by atoms with E-state index in [1.54, 1.807) is 12.1 Å². The zero-order valence-corrected chi connectivity index (χ0v) is 22.4. The summed E-state index contributed by atoms with van der Waals surface area (Å²) in [6, 6.07) is 8.54. The van der Waals surface area contributed by atoms with Crippen molar-refractivity contribution in [3.63, 3.8) is 0 Å². The van der Waals surface area contributed by atoms with E-state index in [2.05, 4.69) is 15.4 Å². The molecule has 3 N–H and O–H groups in total. The summed E-state index contributed by atoms with van der Waals surface area (Å²) in [6.07, 6.45) is -0.986. The molecule has 2 aromatic heterocycles. The predicted molar refractivity (Wildman–Crippen MR) is 144 cm³/mol. The van der Waals surface area contributed by atoms with E-state index < -0.39 is 59.8 Å². The molecule has 0 saturated carbocycles. The molecule has 4 aromatic rings. The molecule has 5 rings (SSSR count). The molecular weight excluding hydrogens is 573 g/mol. The number of aromatic nitrogens is 3. The zero-order chi connectivity index (χ0) is 30.8. The molecule has 13 heteroatoms. The number of Topliss-reactive ketones (excluding diaryl/α,β-unsaturated/α-hetero) is 1. The fourth-order valence-corrected chi connectivity index (χ4v) is 5.29. The summed E-state index contributed by atoms with van der Waals surface area (Å²) >= 11 is 0. The number of nitrogens with two attached hydrogens (primary N) is 1. The lowest BCUT2D eigenvalue weighted by molar-refractivity contribution is -0.122. The predicted octanol–water partition coefficient (Wildman–Crippen LogP) is 5.02. The van der Waals surface area contributed by atoms with Gasteiger partial charge in [0, 0.05) is 29.8 Å². The van der Waals surface area contributed by atoms with E-state index >= 15 is 0 Å². The number of amides is 2. The molecule has 43 heavy (non-hydrogen) atoms. The minimum atomic E-state index is -2.95. The molecular formula is C30H24F5N5O3. The third kappa shape index (κ3) is 6.30. The van der Waals surface area contributed by atoms with Gasteiger partial charge in [-0.25, -0.2) is 22.0 Å². The lowest BCUT2D eigenvalue weighted by atomic mass is 9.94. The van der Waals surface area contributed by atoms with Gasteiger partial charge >= 0.3 is 0 Å². The number of fused-ring (bicyclic) bond motifs is 1. The van der Waals surface area contributed by atoms with E-state index in [1.807, 2.05) is 0 Å². The number of hydrogen-bond donors (Lipinski definition) is 2. The molecule has 0 aliphatic heterocycles. The number of benzene rings is 2. The van der Waals surface area contributed by atoms with Gasteiger partial charge < -0.3 is 11.1 Å². The van der Waals surface area contributed by atoms with Crippen molar-refractivity contribution in [2.24, 2.45) is 5.73 Å². The molecule has 1 aliphatic carbocycles. The van der Waals surface area contributed by atoms with Crippen LogP contribution in [0.1, 0.15) is 68.7 Å². The number of rotatable bonds is 9. The van der Waals surface area contributed by atoms with Crippen molar-refractivity contribution in [3.8, 4) is 11.1 Å². The van der Waals surface area contributed by atoms with Crippen LogP contribution in [0.2, 0.25) is 0 Å². The number of pyridine rings is 1. The standard InChI is InChI=1S/C30H24F5N5O3/c31-17-9-15(10-18(32)13-17)11-23(26-19(4-2-8-37-26)16-6-7-22(33)21(12-16)30(36)43)38-25(42)14-40-28-20(3-1-5-24(28)41)27(39-40)29(34)35/h2,4,6-10,12-13,23,29H,1,3,5,11,14H2,(H2,36,43)(H,38,42). The Balaban J connectivity index is 1.53. The van der Waals surface area contributed by atoms with Gasteiger partial charge in [-0.05, 0) is 60.7 Å². The maximum atomic E-state index is 14.2. The average molecular weight is 598 g/mol. The van der Waals surface area contributed by atoms with Crippen molar-refractivity contribution < 1.29 is 36.3 Å². The van der Waals surface area contributed by atoms with Gasteiger partial charge in [0.15, 0.2) is 5.78 Å². The Kier molecular flexibility index (Phi) is 8.33. The number of carbonyl (C=O) groups is 3. The number of nitrogens with one attached hydrogen (secondary N) is 1. The van der Waals surface area contributed by atoms with E-state index in [0.717, 1.165) is 22.9 Å². The summed E-state index contributed by atoms with van der Waals surface area (Å²) in [5, 5.41) is 6.58. The second-order valence-corrected chi connectivity index (χ2v) is 10.0. The summed E-state index contributed by atoms with van der Waals surface area (Å²) in [7, 11) is 0. The Bertz CT molecular complexity index is 1720. The van der Waals surface area contributed by atoms with Gasteiger partial charge in [-0.3, -0.25) is 24.0 Å². The number of ketones is 1. The zero-order valence-electron chi connectivity index (χ0n) is 22.4. The largest absolute Gasteiger partial charge is 0.366 e. The van der Waals surface area contributed by atoms with E-state index in [1.165, 1.54) is 18.3 Å². The molecule has 0 saturated heterocycles. The minimum Gasteiger partial charge on any atom is -0.366 e. The van der Waals surface area contributed by atoms with Gasteiger partial charge in [-0.15, -0.1) is 0 Å². The Morgan fingerprint density at radius 3 is 2.44 bits per heavy atom. The molecule has 0 spiro atoms. The fraction of sp³-hybridized carbons (Fsp3) is 0.233. The highest BCUT2D eigenvalue weighted by molar-refractivity contribution is 5.97. The quantitative estimate of drug-likeness (QED) is 0.263. The number of primary amides is 1. The number of halogens is 5. The van der Waals surface area contributed by atoms with E-state index in [4.69, 9.17) is 5.73 Å². The van der Waals surface area contributed by atoms with Crippen LogP contribution in [-0.2, 0) is 24.2 Å². The summed E-state index contributed by atoms with van der Waals surface area (Å²) in [4.78, 5) is 42.1. The molecule has 1 unspecified atom stereocenters. The monoisotopic (exact) mass is 597 g/mol. The normalized spacial score (nSPS) is 13.6. The Hall–Kier alpha value is -4.94. The van der Waals surface area contributed by atoms with Gasteiger partial charge in [-0.2, -0.15) is 5.10 Å². The molecule has 2 heterocycles. The van der Waals surface area contributed by atoms with Crippen LogP contribution in [0.25, 0.3) is 11.1 Å². The first kappa shape index (κ1) is 29.5. The van der Waals surface area contributed by atoms with Crippen molar-refractivity contribution >= 4 is 17.6 Å². The van der Waals surface area contributed by atoms with Crippen LogP contribution in [0, 0.1) is 17.5 Å². The summed E-state index contributed by atoms with van der Waals surface area (Å²) < 4.78 is 70.6. The summed E-state index contributed by atoms with van der Waals surface area (Å²) in [5.41, 5.74) is 5.43. The van der Waals surface area contributed by atoms with E-state index in [-0.39, 0.29) is 47.3 Å². The van der Waals surface area contributed by atoms with Crippen molar-refractivity contribution in [2.75, 3.05) is 0 Å². The van der Waals surface area contributed by atoms with Gasteiger partial charge in [-0.1, -0.05) is 12.1 Å². The number of alkyl halides is 2. The van der Waals surface area contributed by atoms with Crippen LogP contribution >= 0.6 is 0 Å². The van der Waals surface area contributed by atoms with Crippen LogP contribution in [0.5, 0.6) is 0 Å². The van der Waals surface area contributed by atoms with Gasteiger partial charge in [0.25, 0.3) is 12.3 Å². The first-order valence-corrected chi connectivity index (χ1v) is 13.2. The molecule has 2 amide bonds. The molecule has 1 atom stereocenters. The Morgan fingerprint density at radius 2 is 1.74 bits per heavy atom. The minimum absolute atomic E-state index is 0.0516. The van der Waals surface area contributed by atoms with Crippen molar-refractivity contribution in [2.45, 2.75) is 44.7 Å². The van der Waals surface area contributed by atoms with Crippen LogP contribution in [0.3, 0.4) is 0 Å². The molecule has 222 valence electrons. The molecule has 1 aliphatic rings. The molecule has 8 nitrogen and oxygen atoms in total. The maximum absolute atomic E-state index is 14.2. The van der Waals surface area contributed by atoms with Crippen molar-refractivity contribution in [1.82, 2.24) is 20.1 Å². The third-order valence-corrected chi connectivity index (χ3v) is 7.09. The second kappa shape index (κ2) is 12.1. The average Bonchev–Trinajstić information content (AvgIpc) is 3.32. The fourth-order valence-electron chi connectivity index (χ4n) is 5.29. The lowest BCUT2D eigenvalue weighted by Gasteiger charge is -2.22. The Labute approximate surface area is 241 Å². The smallest absolute Gasteiger partial charge is 0.282 e. The molecule has 2 aromatic carbocycles. The molecule has 0 fully saturated rings. The number of hydrogen-bond acceptors (Lipinski definition) is 5. The summed E-state index contributed by atoms with van der Waals surface area (Å²) in [5.74, 6) is -4.72. The van der Waals surface area contributed by atoms with Crippen LogP contribution < -0.4 is 11.1 Å². The molecule has 0 radical (unpaired) electrons. The van der Waals surface area contributed by atoms with Gasteiger partial charge in [0.1, 0.15) is 35.4 Å². The summed E-state index contributed by atoms with van der Waals surface area (Å²) in [6.45, 7) is -0.598. The van der Waals surface area contributed by atoms with Crippen LogP contribution in [0.4, 0.5) is 22.0 Å². The molecule has 0 bridgehead atoms. The Morgan fingerprint density at radius 1 is 1.00 bits per heavy atom.